The van der Waals surface area contributed by atoms with Gasteiger partial charge in [-0.05, 0) is 30.7 Å². The molecule has 2 saturated carbocycles. The number of rotatable bonds is 4. The van der Waals surface area contributed by atoms with E-state index in [0.29, 0.717) is 31.8 Å². The van der Waals surface area contributed by atoms with Crippen molar-refractivity contribution in [3.8, 4) is 0 Å². The van der Waals surface area contributed by atoms with Crippen LogP contribution >= 0.6 is 0 Å². The second-order valence-corrected chi connectivity index (χ2v) is 13.1. The Hall–Kier alpha value is -2.72. The van der Waals surface area contributed by atoms with Gasteiger partial charge in [0.05, 0.1) is 12.0 Å². The van der Waals surface area contributed by atoms with Gasteiger partial charge < -0.3 is 28.8 Å². The highest BCUT2D eigenvalue weighted by molar-refractivity contribution is 5.76. The fraction of sp³-hybridized carbons (Fsp3) is 0.733. The Morgan fingerprint density at radius 3 is 2.55 bits per heavy atom. The SMILES string of the molecule is CC(=O)OC1CC(OC(C)=O)C2(C)C(O)C3C(CC(C)C12)OC(=O)C3CN1C[C@H]2C[C@@H](C1)c1cccc(=O)n1C2. The molecule has 2 aliphatic carbocycles. The van der Waals surface area contributed by atoms with Crippen molar-refractivity contribution >= 4 is 17.9 Å². The van der Waals surface area contributed by atoms with Gasteiger partial charge in [0, 0.05) is 81.4 Å². The van der Waals surface area contributed by atoms with E-state index in [0.717, 1.165) is 25.2 Å². The summed E-state index contributed by atoms with van der Waals surface area (Å²) in [6.07, 6.45) is -0.765. The summed E-state index contributed by atoms with van der Waals surface area (Å²) in [5.74, 6) is -1.96. The molecule has 1 N–H and O–H groups in total. The highest BCUT2D eigenvalue weighted by Crippen LogP contribution is 2.59. The topological polar surface area (TPSA) is 124 Å². The summed E-state index contributed by atoms with van der Waals surface area (Å²) < 4.78 is 19.3. The molecular formula is C30H40N2O8. The van der Waals surface area contributed by atoms with Crippen molar-refractivity contribution < 1.29 is 33.7 Å². The van der Waals surface area contributed by atoms with Crippen LogP contribution in [0.25, 0.3) is 0 Å². The molecule has 1 aromatic rings. The van der Waals surface area contributed by atoms with Gasteiger partial charge in [-0.2, -0.15) is 0 Å². The van der Waals surface area contributed by atoms with Crippen molar-refractivity contribution in [1.29, 1.82) is 0 Å². The number of esters is 3. The van der Waals surface area contributed by atoms with Gasteiger partial charge in [0.15, 0.2) is 0 Å². The van der Waals surface area contributed by atoms with Crippen molar-refractivity contribution in [2.24, 2.45) is 35.0 Å². The first-order chi connectivity index (χ1) is 19.0. The number of ether oxygens (including phenoxy) is 3. The predicted octanol–water partition coefficient (Wildman–Crippen LogP) is 1.72. The van der Waals surface area contributed by atoms with Crippen LogP contribution in [0.4, 0.5) is 0 Å². The molecule has 0 radical (unpaired) electrons. The lowest BCUT2D eigenvalue weighted by Gasteiger charge is -2.45. The first kappa shape index (κ1) is 27.4. The van der Waals surface area contributed by atoms with E-state index in [2.05, 4.69) is 4.90 Å². The van der Waals surface area contributed by atoms with E-state index < -0.39 is 53.6 Å². The summed E-state index contributed by atoms with van der Waals surface area (Å²) in [7, 11) is 0. The molecule has 10 nitrogen and oxygen atoms in total. The number of hydrogen-bond donors (Lipinski definition) is 1. The molecule has 2 bridgehead atoms. The number of carbonyl (C=O) groups excluding carboxylic acids is 3. The Kier molecular flexibility index (Phi) is 6.85. The van der Waals surface area contributed by atoms with Crippen molar-refractivity contribution in [1.82, 2.24) is 9.47 Å². The van der Waals surface area contributed by atoms with Crippen LogP contribution < -0.4 is 5.56 Å². The molecule has 0 spiro atoms. The Morgan fingerprint density at radius 1 is 1.07 bits per heavy atom. The summed E-state index contributed by atoms with van der Waals surface area (Å²) in [5, 5.41) is 12.2. The average molecular weight is 557 g/mol. The average Bonchev–Trinajstić information content (AvgIpc) is 3.28. The van der Waals surface area contributed by atoms with Crippen molar-refractivity contribution in [2.45, 2.75) is 83.8 Å². The van der Waals surface area contributed by atoms with E-state index in [1.807, 2.05) is 30.5 Å². The summed E-state index contributed by atoms with van der Waals surface area (Å²) in [5.41, 5.74) is 0.160. The van der Waals surface area contributed by atoms with Crippen LogP contribution in [-0.4, -0.2) is 76.5 Å². The number of fused-ring (bicyclic) bond motifs is 6. The van der Waals surface area contributed by atoms with Crippen molar-refractivity contribution in [3.05, 3.63) is 34.2 Å². The second kappa shape index (κ2) is 9.98. The molecule has 4 heterocycles. The number of carbonyl (C=O) groups is 3. The van der Waals surface area contributed by atoms with E-state index in [1.54, 1.807) is 6.07 Å². The van der Waals surface area contributed by atoms with Gasteiger partial charge in [-0.25, -0.2) is 0 Å². The lowest BCUT2D eigenvalue weighted by Crippen LogP contribution is -2.53. The molecule has 1 aromatic heterocycles. The normalized spacial score (nSPS) is 42.2. The van der Waals surface area contributed by atoms with Crippen molar-refractivity contribution in [2.75, 3.05) is 19.6 Å². The third-order valence-corrected chi connectivity index (χ3v) is 10.6. The van der Waals surface area contributed by atoms with Crippen LogP contribution in [0.2, 0.25) is 0 Å². The number of piperidine rings is 1. The fourth-order valence-corrected chi connectivity index (χ4v) is 9.21. The van der Waals surface area contributed by atoms with E-state index >= 15 is 0 Å². The van der Waals surface area contributed by atoms with Gasteiger partial charge in [0.25, 0.3) is 5.56 Å². The summed E-state index contributed by atoms with van der Waals surface area (Å²) in [6, 6.07) is 5.45. The summed E-state index contributed by atoms with van der Waals surface area (Å²) in [4.78, 5) is 52.2. The lowest BCUT2D eigenvalue weighted by molar-refractivity contribution is -0.165. The van der Waals surface area contributed by atoms with E-state index in [4.69, 9.17) is 14.2 Å². The Labute approximate surface area is 233 Å². The molecule has 6 rings (SSSR count). The zero-order valence-electron chi connectivity index (χ0n) is 23.7. The third-order valence-electron chi connectivity index (χ3n) is 10.6. The lowest BCUT2D eigenvalue weighted by atomic mass is 9.66. The zero-order valence-corrected chi connectivity index (χ0v) is 23.7. The number of likely N-dealkylation sites (tertiary alicyclic amines) is 1. The largest absolute Gasteiger partial charge is 0.462 e. The maximum absolute atomic E-state index is 13.4. The minimum Gasteiger partial charge on any atom is -0.462 e. The van der Waals surface area contributed by atoms with Crippen LogP contribution in [-0.2, 0) is 35.1 Å². The van der Waals surface area contributed by atoms with Gasteiger partial charge in [0.1, 0.15) is 18.3 Å². The number of nitrogens with zero attached hydrogens (tertiary/aromatic N) is 2. The highest BCUT2D eigenvalue weighted by atomic mass is 16.6. The molecule has 10 heteroatoms. The van der Waals surface area contributed by atoms with Crippen LogP contribution in [0.5, 0.6) is 0 Å². The minimum absolute atomic E-state index is 0.0345. The highest BCUT2D eigenvalue weighted by Gasteiger charge is 2.67. The first-order valence-corrected chi connectivity index (χ1v) is 14.6. The van der Waals surface area contributed by atoms with Gasteiger partial charge >= 0.3 is 17.9 Å². The van der Waals surface area contributed by atoms with Crippen molar-refractivity contribution in [3.63, 3.8) is 0 Å². The summed E-state index contributed by atoms with van der Waals surface area (Å²) in [6.45, 7) is 9.30. The quantitative estimate of drug-likeness (QED) is 0.436. The monoisotopic (exact) mass is 556 g/mol. The molecule has 5 aliphatic rings. The van der Waals surface area contributed by atoms with E-state index in [-0.39, 0.29) is 29.3 Å². The third kappa shape index (κ3) is 4.38. The van der Waals surface area contributed by atoms with Gasteiger partial charge in [-0.3, -0.25) is 19.2 Å². The standard InChI is InChI=1S/C30H40N2O8/c1-15-8-22-26(28(36)30(4)24(39-17(3)34)10-23(27(15)30)38-16(2)33)20(29(37)40-22)14-31-11-18-9-19(13-31)21-6-5-7-25(35)32(21)12-18/h5-7,15,18-20,22-24,26-28,36H,8-14H2,1-4H3/t15?,18-,19+,20?,22?,23?,24?,26?,27?,28?,30?/m1/s1. The number of aromatic nitrogens is 1. The number of aliphatic hydroxyl groups is 1. The number of hydrogen-bond acceptors (Lipinski definition) is 9. The van der Waals surface area contributed by atoms with Gasteiger partial charge in [0.2, 0.25) is 0 Å². The molecule has 11 atom stereocenters. The zero-order chi connectivity index (χ0) is 28.5. The maximum Gasteiger partial charge on any atom is 0.311 e. The number of pyridine rings is 1. The fourth-order valence-electron chi connectivity index (χ4n) is 9.21. The molecule has 3 aliphatic heterocycles. The Bertz CT molecular complexity index is 1260. The molecule has 0 amide bonds. The van der Waals surface area contributed by atoms with E-state index in [9.17, 15) is 24.3 Å². The summed E-state index contributed by atoms with van der Waals surface area (Å²) >= 11 is 0. The van der Waals surface area contributed by atoms with E-state index in [1.165, 1.54) is 13.8 Å². The smallest absolute Gasteiger partial charge is 0.311 e. The minimum atomic E-state index is -1.00. The van der Waals surface area contributed by atoms with Gasteiger partial charge in [-0.1, -0.05) is 19.9 Å². The first-order valence-electron chi connectivity index (χ1n) is 14.6. The van der Waals surface area contributed by atoms with Crippen LogP contribution in [0.1, 0.15) is 58.6 Å². The predicted molar refractivity (Wildman–Crippen MR) is 142 cm³/mol. The molecular weight excluding hydrogens is 516 g/mol. The maximum atomic E-state index is 13.4. The molecule has 218 valence electrons. The molecule has 2 saturated heterocycles. The Morgan fingerprint density at radius 2 is 1.82 bits per heavy atom. The molecule has 0 aromatic carbocycles. The number of aliphatic hydroxyl groups excluding tert-OH is 1. The Balaban J connectivity index is 1.29. The second-order valence-electron chi connectivity index (χ2n) is 13.1. The van der Waals surface area contributed by atoms with Crippen LogP contribution in [0.15, 0.2) is 23.0 Å². The molecule has 4 fully saturated rings. The van der Waals surface area contributed by atoms with Crippen LogP contribution in [0.3, 0.4) is 0 Å². The van der Waals surface area contributed by atoms with Gasteiger partial charge in [-0.15, -0.1) is 0 Å². The molecule has 40 heavy (non-hydrogen) atoms. The van der Waals surface area contributed by atoms with Crippen LogP contribution in [0, 0.1) is 35.0 Å². The molecule has 9 unspecified atom stereocenters.